The lowest BCUT2D eigenvalue weighted by Crippen LogP contribution is -2.30. The first kappa shape index (κ1) is 15.5. The van der Waals surface area contributed by atoms with Gasteiger partial charge < -0.3 is 10.1 Å². The maximum atomic E-state index is 13.3. The second-order valence-electron chi connectivity index (χ2n) is 5.07. The van der Waals surface area contributed by atoms with Crippen LogP contribution in [0.1, 0.15) is 32.1 Å². The smallest absolute Gasteiger partial charge is 0.257 e. The lowest BCUT2D eigenvalue weighted by atomic mass is 9.97. The Kier molecular flexibility index (Phi) is 5.72. The van der Waals surface area contributed by atoms with Gasteiger partial charge in [0.05, 0.1) is 0 Å². The predicted molar refractivity (Wildman–Crippen MR) is 76.0 cm³/mol. The molecule has 0 bridgehead atoms. The molecule has 0 aliphatic heterocycles. The Balaban J connectivity index is 1.68. The van der Waals surface area contributed by atoms with Gasteiger partial charge in [0, 0.05) is 12.6 Å². The van der Waals surface area contributed by atoms with E-state index in [1.54, 1.807) is 0 Å². The van der Waals surface area contributed by atoms with Gasteiger partial charge in [-0.3, -0.25) is 4.79 Å². The minimum Gasteiger partial charge on any atom is -0.481 e. The van der Waals surface area contributed by atoms with Crippen molar-refractivity contribution in [2.75, 3.05) is 13.2 Å². The first-order valence-electron chi connectivity index (χ1n) is 7.17. The van der Waals surface area contributed by atoms with E-state index in [2.05, 4.69) is 11.4 Å². The molecular weight excluding hydrogens is 276 g/mol. The molecule has 21 heavy (non-hydrogen) atoms. The van der Waals surface area contributed by atoms with E-state index in [0.29, 0.717) is 6.54 Å². The number of hydrogen-bond acceptors (Lipinski definition) is 2. The fourth-order valence-electron chi connectivity index (χ4n) is 2.28. The molecular formula is C16H19F2NO2. The normalized spacial score (nSPS) is 14.5. The number of amides is 1. The fourth-order valence-corrected chi connectivity index (χ4v) is 2.28. The number of nitrogens with one attached hydrogen (secondary N) is 1. The molecule has 0 heterocycles. The number of benzene rings is 1. The fraction of sp³-hybridized carbons (Fsp3) is 0.438. The number of carbonyl (C=O) groups is 1. The average Bonchev–Trinajstić information content (AvgIpc) is 2.47. The lowest BCUT2D eigenvalue weighted by Gasteiger charge is -2.13. The third-order valence-electron chi connectivity index (χ3n) is 3.41. The number of rotatable bonds is 6. The molecule has 1 aliphatic carbocycles. The highest BCUT2D eigenvalue weighted by Gasteiger charge is 2.08. The SMILES string of the molecule is O=C(COc1ccc(F)cc1F)NCCC1=CCCCC1. The molecule has 0 spiro atoms. The maximum Gasteiger partial charge on any atom is 0.257 e. The van der Waals surface area contributed by atoms with Gasteiger partial charge in [0.2, 0.25) is 0 Å². The largest absolute Gasteiger partial charge is 0.481 e. The van der Waals surface area contributed by atoms with Crippen LogP contribution in [0, 0.1) is 11.6 Å². The molecule has 1 aromatic carbocycles. The van der Waals surface area contributed by atoms with Crippen molar-refractivity contribution in [3.63, 3.8) is 0 Å². The summed E-state index contributed by atoms with van der Waals surface area (Å²) in [6, 6.07) is 2.99. The summed E-state index contributed by atoms with van der Waals surface area (Å²) in [4.78, 5) is 11.6. The van der Waals surface area contributed by atoms with E-state index in [0.717, 1.165) is 31.4 Å². The van der Waals surface area contributed by atoms with Crippen LogP contribution in [0.2, 0.25) is 0 Å². The van der Waals surface area contributed by atoms with Crippen molar-refractivity contribution >= 4 is 5.91 Å². The number of halogens is 2. The Hall–Kier alpha value is -1.91. The van der Waals surface area contributed by atoms with Gasteiger partial charge in [-0.2, -0.15) is 0 Å². The van der Waals surface area contributed by atoms with Crippen LogP contribution in [0.5, 0.6) is 5.75 Å². The lowest BCUT2D eigenvalue weighted by molar-refractivity contribution is -0.123. The molecule has 1 aromatic rings. The highest BCUT2D eigenvalue weighted by Crippen LogP contribution is 2.19. The van der Waals surface area contributed by atoms with E-state index in [9.17, 15) is 13.6 Å². The Morgan fingerprint density at radius 2 is 2.14 bits per heavy atom. The predicted octanol–water partition coefficient (Wildman–Crippen LogP) is 3.35. The summed E-state index contributed by atoms with van der Waals surface area (Å²) < 4.78 is 31.0. The summed E-state index contributed by atoms with van der Waals surface area (Å²) in [5.41, 5.74) is 1.38. The van der Waals surface area contributed by atoms with E-state index in [1.165, 1.54) is 24.5 Å². The van der Waals surface area contributed by atoms with Crippen LogP contribution < -0.4 is 10.1 Å². The van der Waals surface area contributed by atoms with Crippen LogP contribution >= 0.6 is 0 Å². The van der Waals surface area contributed by atoms with Crippen molar-refractivity contribution in [1.82, 2.24) is 5.32 Å². The minimum atomic E-state index is -0.810. The van der Waals surface area contributed by atoms with Crippen LogP contribution in [-0.2, 0) is 4.79 Å². The van der Waals surface area contributed by atoms with Crippen molar-refractivity contribution in [3.8, 4) is 5.75 Å². The highest BCUT2D eigenvalue weighted by atomic mass is 19.1. The molecule has 1 aliphatic rings. The third-order valence-corrected chi connectivity index (χ3v) is 3.41. The molecule has 1 N–H and O–H groups in total. The van der Waals surface area contributed by atoms with Crippen molar-refractivity contribution in [3.05, 3.63) is 41.5 Å². The maximum absolute atomic E-state index is 13.3. The number of allylic oxidation sites excluding steroid dienone is 1. The summed E-state index contributed by atoms with van der Waals surface area (Å²) in [5, 5.41) is 2.73. The summed E-state index contributed by atoms with van der Waals surface area (Å²) in [6.07, 6.45) is 7.76. The summed E-state index contributed by atoms with van der Waals surface area (Å²) in [5.74, 6) is -1.92. The van der Waals surface area contributed by atoms with Crippen molar-refractivity contribution in [2.45, 2.75) is 32.1 Å². The zero-order valence-corrected chi connectivity index (χ0v) is 11.8. The van der Waals surface area contributed by atoms with E-state index in [4.69, 9.17) is 4.74 Å². The molecule has 0 saturated carbocycles. The van der Waals surface area contributed by atoms with Gasteiger partial charge in [-0.25, -0.2) is 8.78 Å². The van der Waals surface area contributed by atoms with E-state index < -0.39 is 11.6 Å². The molecule has 0 radical (unpaired) electrons. The summed E-state index contributed by atoms with van der Waals surface area (Å²) in [6.45, 7) is 0.279. The molecule has 0 fully saturated rings. The molecule has 114 valence electrons. The minimum absolute atomic E-state index is 0.124. The van der Waals surface area contributed by atoms with E-state index >= 15 is 0 Å². The molecule has 5 heteroatoms. The van der Waals surface area contributed by atoms with Gasteiger partial charge in [0.25, 0.3) is 5.91 Å². The second-order valence-corrected chi connectivity index (χ2v) is 5.07. The first-order chi connectivity index (χ1) is 10.1. The number of hydrogen-bond donors (Lipinski definition) is 1. The van der Waals surface area contributed by atoms with Crippen LogP contribution in [0.15, 0.2) is 29.8 Å². The van der Waals surface area contributed by atoms with Gasteiger partial charge in [-0.15, -0.1) is 0 Å². The number of ether oxygens (including phenoxy) is 1. The van der Waals surface area contributed by atoms with E-state index in [-0.39, 0.29) is 18.3 Å². The molecule has 0 atom stereocenters. The molecule has 0 saturated heterocycles. The Bertz CT molecular complexity index is 529. The van der Waals surface area contributed by atoms with Crippen molar-refractivity contribution in [1.29, 1.82) is 0 Å². The Labute approximate surface area is 123 Å². The van der Waals surface area contributed by atoms with Crippen molar-refractivity contribution in [2.24, 2.45) is 0 Å². The van der Waals surface area contributed by atoms with Gasteiger partial charge in [0.15, 0.2) is 18.2 Å². The first-order valence-corrected chi connectivity index (χ1v) is 7.17. The zero-order valence-electron chi connectivity index (χ0n) is 11.8. The highest BCUT2D eigenvalue weighted by molar-refractivity contribution is 5.77. The molecule has 2 rings (SSSR count). The average molecular weight is 295 g/mol. The standard InChI is InChI=1S/C16H19F2NO2/c17-13-6-7-15(14(18)10-13)21-11-16(20)19-9-8-12-4-2-1-3-5-12/h4,6-7,10H,1-3,5,8-9,11H2,(H,19,20). The van der Waals surface area contributed by atoms with Crippen LogP contribution in [-0.4, -0.2) is 19.1 Å². The van der Waals surface area contributed by atoms with Gasteiger partial charge >= 0.3 is 0 Å². The quantitative estimate of drug-likeness (QED) is 0.817. The van der Waals surface area contributed by atoms with Gasteiger partial charge in [0.1, 0.15) is 5.82 Å². The van der Waals surface area contributed by atoms with Crippen LogP contribution in [0.25, 0.3) is 0 Å². The van der Waals surface area contributed by atoms with Gasteiger partial charge in [-0.1, -0.05) is 11.6 Å². The van der Waals surface area contributed by atoms with E-state index in [1.807, 2.05) is 0 Å². The van der Waals surface area contributed by atoms with Crippen molar-refractivity contribution < 1.29 is 18.3 Å². The molecule has 3 nitrogen and oxygen atoms in total. The zero-order chi connectivity index (χ0) is 15.1. The molecule has 0 aromatic heterocycles. The third kappa shape index (κ3) is 5.17. The topological polar surface area (TPSA) is 38.3 Å². The Morgan fingerprint density at radius 3 is 2.86 bits per heavy atom. The molecule has 1 amide bonds. The Morgan fingerprint density at radius 1 is 1.29 bits per heavy atom. The summed E-state index contributed by atoms with van der Waals surface area (Å²) in [7, 11) is 0. The molecule has 0 unspecified atom stereocenters. The van der Waals surface area contributed by atoms with Crippen LogP contribution in [0.4, 0.5) is 8.78 Å². The van der Waals surface area contributed by atoms with Gasteiger partial charge in [-0.05, 0) is 44.2 Å². The van der Waals surface area contributed by atoms with Crippen LogP contribution in [0.3, 0.4) is 0 Å². The second kappa shape index (κ2) is 7.76. The number of carbonyl (C=O) groups excluding carboxylic acids is 1. The monoisotopic (exact) mass is 295 g/mol. The summed E-state index contributed by atoms with van der Waals surface area (Å²) >= 11 is 0.